The lowest BCUT2D eigenvalue weighted by atomic mass is 9.85. The Balaban J connectivity index is 2.98. The van der Waals surface area contributed by atoms with Crippen molar-refractivity contribution in [2.75, 3.05) is 0 Å². The SMILES string of the molecule is CC(C)(C)C(O[Si](C)(C)C)c1ccccc1. The summed E-state index contributed by atoms with van der Waals surface area (Å²) in [6.45, 7) is 13.5. The summed E-state index contributed by atoms with van der Waals surface area (Å²) in [4.78, 5) is 0. The Labute approximate surface area is 101 Å². The third-order valence-corrected chi connectivity index (χ3v) is 3.30. The van der Waals surface area contributed by atoms with Crippen molar-refractivity contribution in [3.63, 3.8) is 0 Å². The van der Waals surface area contributed by atoms with Crippen LogP contribution in [0.15, 0.2) is 30.3 Å². The largest absolute Gasteiger partial charge is 0.410 e. The molecule has 1 atom stereocenters. The quantitative estimate of drug-likeness (QED) is 0.696. The molecular weight excluding hydrogens is 212 g/mol. The Bertz CT molecular complexity index is 319. The summed E-state index contributed by atoms with van der Waals surface area (Å²) in [5, 5.41) is 0. The second-order valence-corrected chi connectivity index (χ2v) is 10.8. The van der Waals surface area contributed by atoms with Crippen LogP contribution in [0.5, 0.6) is 0 Å². The van der Waals surface area contributed by atoms with Gasteiger partial charge in [0.05, 0.1) is 6.10 Å². The Morgan fingerprint density at radius 2 is 1.50 bits per heavy atom. The van der Waals surface area contributed by atoms with Crippen molar-refractivity contribution in [3.8, 4) is 0 Å². The van der Waals surface area contributed by atoms with Crippen LogP contribution < -0.4 is 0 Å². The summed E-state index contributed by atoms with van der Waals surface area (Å²) in [5.74, 6) is 0. The van der Waals surface area contributed by atoms with Crippen LogP contribution in [0.2, 0.25) is 19.6 Å². The van der Waals surface area contributed by atoms with E-state index in [-0.39, 0.29) is 11.5 Å². The second kappa shape index (κ2) is 4.72. The summed E-state index contributed by atoms with van der Waals surface area (Å²) < 4.78 is 6.33. The second-order valence-electron chi connectivity index (χ2n) is 6.39. The van der Waals surface area contributed by atoms with Gasteiger partial charge in [0.25, 0.3) is 0 Å². The highest BCUT2D eigenvalue weighted by Gasteiger charge is 2.31. The molecule has 0 saturated heterocycles. The first kappa shape index (κ1) is 13.5. The van der Waals surface area contributed by atoms with E-state index in [2.05, 4.69) is 70.7 Å². The van der Waals surface area contributed by atoms with Crippen LogP contribution in [-0.2, 0) is 4.43 Å². The maximum absolute atomic E-state index is 6.33. The summed E-state index contributed by atoms with van der Waals surface area (Å²) in [6.07, 6.45) is 0.195. The molecule has 0 bridgehead atoms. The molecule has 0 radical (unpaired) electrons. The standard InChI is InChI=1S/C14H24OSi/c1-14(2,3)13(15-16(4,5)6)12-10-8-7-9-11-12/h7-11,13H,1-6H3. The van der Waals surface area contributed by atoms with Crippen molar-refractivity contribution in [3.05, 3.63) is 35.9 Å². The maximum atomic E-state index is 6.33. The van der Waals surface area contributed by atoms with E-state index in [1.807, 2.05) is 0 Å². The van der Waals surface area contributed by atoms with Crippen molar-refractivity contribution < 1.29 is 4.43 Å². The van der Waals surface area contributed by atoms with Gasteiger partial charge in [-0.3, -0.25) is 0 Å². The van der Waals surface area contributed by atoms with E-state index in [9.17, 15) is 0 Å². The lowest BCUT2D eigenvalue weighted by Gasteiger charge is -2.36. The molecule has 0 N–H and O–H groups in total. The zero-order valence-corrected chi connectivity index (χ0v) is 12.4. The van der Waals surface area contributed by atoms with E-state index in [0.29, 0.717) is 0 Å². The van der Waals surface area contributed by atoms with Gasteiger partial charge in [-0.1, -0.05) is 51.1 Å². The van der Waals surface area contributed by atoms with Gasteiger partial charge in [-0.2, -0.15) is 0 Å². The average molecular weight is 236 g/mol. The summed E-state index contributed by atoms with van der Waals surface area (Å²) >= 11 is 0. The van der Waals surface area contributed by atoms with Crippen LogP contribution in [0.1, 0.15) is 32.4 Å². The van der Waals surface area contributed by atoms with Gasteiger partial charge in [0.2, 0.25) is 0 Å². The molecule has 2 heteroatoms. The Morgan fingerprint density at radius 3 is 1.88 bits per heavy atom. The predicted molar refractivity (Wildman–Crippen MR) is 73.1 cm³/mol. The zero-order chi connectivity index (χ0) is 12.4. The molecule has 0 saturated carbocycles. The van der Waals surface area contributed by atoms with E-state index in [0.717, 1.165) is 0 Å². The average Bonchev–Trinajstić information content (AvgIpc) is 2.13. The van der Waals surface area contributed by atoms with E-state index in [4.69, 9.17) is 4.43 Å². The van der Waals surface area contributed by atoms with Gasteiger partial charge in [0.1, 0.15) is 0 Å². The van der Waals surface area contributed by atoms with Gasteiger partial charge in [0, 0.05) is 0 Å². The van der Waals surface area contributed by atoms with E-state index in [1.165, 1.54) is 5.56 Å². The minimum atomic E-state index is -1.51. The van der Waals surface area contributed by atoms with Gasteiger partial charge in [0.15, 0.2) is 8.32 Å². The Kier molecular flexibility index (Phi) is 3.97. The Hall–Kier alpha value is -0.603. The van der Waals surface area contributed by atoms with Crippen LogP contribution in [0.25, 0.3) is 0 Å². The highest BCUT2D eigenvalue weighted by atomic mass is 28.4. The first-order valence-corrected chi connectivity index (χ1v) is 9.34. The summed E-state index contributed by atoms with van der Waals surface area (Å²) in [7, 11) is -1.51. The number of hydrogen-bond acceptors (Lipinski definition) is 1. The molecule has 1 rings (SSSR count). The molecule has 0 amide bonds. The van der Waals surface area contributed by atoms with Crippen molar-refractivity contribution in [1.82, 2.24) is 0 Å². The van der Waals surface area contributed by atoms with Crippen LogP contribution in [0, 0.1) is 5.41 Å². The zero-order valence-electron chi connectivity index (χ0n) is 11.4. The molecule has 0 spiro atoms. The van der Waals surface area contributed by atoms with Gasteiger partial charge < -0.3 is 4.43 Å². The molecule has 1 aromatic carbocycles. The van der Waals surface area contributed by atoms with Crippen LogP contribution in [0.4, 0.5) is 0 Å². The predicted octanol–water partition coefficient (Wildman–Crippen LogP) is 4.63. The van der Waals surface area contributed by atoms with Crippen LogP contribution in [-0.4, -0.2) is 8.32 Å². The van der Waals surface area contributed by atoms with Crippen LogP contribution in [0.3, 0.4) is 0 Å². The molecule has 1 nitrogen and oxygen atoms in total. The van der Waals surface area contributed by atoms with Crippen molar-refractivity contribution >= 4 is 8.32 Å². The van der Waals surface area contributed by atoms with Gasteiger partial charge in [-0.25, -0.2) is 0 Å². The number of benzene rings is 1. The molecule has 0 aliphatic carbocycles. The molecule has 0 heterocycles. The topological polar surface area (TPSA) is 9.23 Å². The van der Waals surface area contributed by atoms with E-state index < -0.39 is 8.32 Å². The Morgan fingerprint density at radius 1 is 1.00 bits per heavy atom. The molecule has 16 heavy (non-hydrogen) atoms. The molecule has 1 unspecified atom stereocenters. The third-order valence-electron chi connectivity index (χ3n) is 2.36. The first-order valence-electron chi connectivity index (χ1n) is 5.93. The minimum absolute atomic E-state index is 0.141. The number of hydrogen-bond donors (Lipinski definition) is 0. The molecule has 0 aromatic heterocycles. The smallest absolute Gasteiger partial charge is 0.184 e. The normalized spacial score (nSPS) is 14.9. The van der Waals surface area contributed by atoms with Crippen molar-refractivity contribution in [2.24, 2.45) is 5.41 Å². The maximum Gasteiger partial charge on any atom is 0.184 e. The molecule has 90 valence electrons. The molecule has 0 aliphatic rings. The van der Waals surface area contributed by atoms with E-state index in [1.54, 1.807) is 0 Å². The van der Waals surface area contributed by atoms with Gasteiger partial charge >= 0.3 is 0 Å². The fraction of sp³-hybridized carbons (Fsp3) is 0.571. The van der Waals surface area contributed by atoms with Gasteiger partial charge in [-0.15, -0.1) is 0 Å². The lowest BCUT2D eigenvalue weighted by Crippen LogP contribution is -2.33. The van der Waals surface area contributed by atoms with Crippen molar-refractivity contribution in [1.29, 1.82) is 0 Å². The number of rotatable bonds is 3. The lowest BCUT2D eigenvalue weighted by molar-refractivity contribution is 0.0798. The highest BCUT2D eigenvalue weighted by Crippen LogP contribution is 2.37. The first-order chi connectivity index (χ1) is 7.20. The molecule has 1 aromatic rings. The fourth-order valence-corrected chi connectivity index (χ4v) is 2.92. The summed E-state index contributed by atoms with van der Waals surface area (Å²) in [5.41, 5.74) is 1.43. The van der Waals surface area contributed by atoms with Gasteiger partial charge in [-0.05, 0) is 30.6 Å². The minimum Gasteiger partial charge on any atom is -0.410 e. The van der Waals surface area contributed by atoms with Crippen LogP contribution >= 0.6 is 0 Å². The van der Waals surface area contributed by atoms with Crippen molar-refractivity contribution in [2.45, 2.75) is 46.5 Å². The monoisotopic (exact) mass is 236 g/mol. The summed E-state index contributed by atoms with van der Waals surface area (Å²) in [6, 6.07) is 10.5. The molecule has 0 aliphatic heterocycles. The fourth-order valence-electron chi connectivity index (χ4n) is 1.73. The van der Waals surface area contributed by atoms with E-state index >= 15 is 0 Å². The third kappa shape index (κ3) is 4.10. The molecule has 0 fully saturated rings. The molecular formula is C14H24OSi. The highest BCUT2D eigenvalue weighted by molar-refractivity contribution is 6.69.